The molecule has 1 aromatic carbocycles. The Balaban J connectivity index is 3.14. The Morgan fingerprint density at radius 1 is 1.45 bits per heavy atom. The summed E-state index contributed by atoms with van der Waals surface area (Å²) in [5.74, 6) is -1.28. The minimum atomic E-state index is -4.89. The van der Waals surface area contributed by atoms with Crippen LogP contribution < -0.4 is 15.8 Å². The van der Waals surface area contributed by atoms with Gasteiger partial charge in [-0.25, -0.2) is 0 Å². The van der Waals surface area contributed by atoms with Crippen LogP contribution in [0.3, 0.4) is 0 Å². The zero-order chi connectivity index (χ0) is 15.7. The summed E-state index contributed by atoms with van der Waals surface area (Å²) >= 11 is 8.90. The van der Waals surface area contributed by atoms with E-state index in [1.165, 1.54) is 19.2 Å². The number of carbonyl (C=O) groups excluding carboxylic acids is 1. The highest BCUT2D eigenvalue weighted by Gasteiger charge is 2.54. The van der Waals surface area contributed by atoms with Crippen LogP contribution in [0.5, 0.6) is 5.75 Å². The number of hydrogen-bond acceptors (Lipinski definition) is 3. The van der Waals surface area contributed by atoms with E-state index in [0.29, 0.717) is 11.4 Å². The molecule has 1 unspecified atom stereocenters. The van der Waals surface area contributed by atoms with Gasteiger partial charge in [-0.05, 0) is 35.0 Å². The first-order chi connectivity index (χ1) is 9.00. The fraction of sp³-hybridized carbons (Fsp3) is 0.364. The van der Waals surface area contributed by atoms with E-state index in [0.717, 1.165) is 0 Å². The molecule has 4 nitrogen and oxygen atoms in total. The molecule has 0 aromatic heterocycles. The quantitative estimate of drug-likeness (QED) is 0.852. The van der Waals surface area contributed by atoms with E-state index in [-0.39, 0.29) is 16.5 Å². The van der Waals surface area contributed by atoms with E-state index in [2.05, 4.69) is 21.2 Å². The molecule has 1 rings (SSSR count). The third-order valence-corrected chi connectivity index (χ3v) is 3.33. The van der Waals surface area contributed by atoms with E-state index in [4.69, 9.17) is 22.1 Å². The fourth-order valence-corrected chi connectivity index (χ4v) is 2.21. The number of anilines is 1. The standard InChI is InChI=1S/C11H11BrClF3N2O2/c1-10(17,11(14,15)16)9(19)18-7-4-5(13)3-6(12)8(7)20-2/h3-4H,17H2,1-2H3,(H,18,19). The number of rotatable bonds is 3. The molecule has 0 fully saturated rings. The minimum Gasteiger partial charge on any atom is -0.493 e. The molecule has 20 heavy (non-hydrogen) atoms. The fourth-order valence-electron chi connectivity index (χ4n) is 1.24. The van der Waals surface area contributed by atoms with Crippen molar-refractivity contribution in [3.8, 4) is 5.75 Å². The molecule has 1 aromatic rings. The van der Waals surface area contributed by atoms with Gasteiger partial charge in [0.2, 0.25) is 0 Å². The van der Waals surface area contributed by atoms with Gasteiger partial charge in [-0.15, -0.1) is 0 Å². The summed E-state index contributed by atoms with van der Waals surface area (Å²) in [7, 11) is 1.30. The Bertz CT molecular complexity index is 535. The van der Waals surface area contributed by atoms with Crippen LogP contribution >= 0.6 is 27.5 Å². The van der Waals surface area contributed by atoms with Crippen LogP contribution in [-0.4, -0.2) is 24.7 Å². The molecule has 0 aliphatic carbocycles. The van der Waals surface area contributed by atoms with Gasteiger partial charge < -0.3 is 15.8 Å². The van der Waals surface area contributed by atoms with Gasteiger partial charge in [0.1, 0.15) is 0 Å². The lowest BCUT2D eigenvalue weighted by Gasteiger charge is -2.26. The normalized spacial score (nSPS) is 14.6. The summed E-state index contributed by atoms with van der Waals surface area (Å²) in [5, 5.41) is 2.27. The molecule has 3 N–H and O–H groups in total. The number of halogens is 5. The molecular formula is C11H11BrClF3N2O2. The van der Waals surface area contributed by atoms with E-state index >= 15 is 0 Å². The van der Waals surface area contributed by atoms with Crippen LogP contribution in [-0.2, 0) is 4.79 Å². The van der Waals surface area contributed by atoms with Gasteiger partial charge in [0.15, 0.2) is 11.3 Å². The molecule has 0 heterocycles. The van der Waals surface area contributed by atoms with E-state index in [1.54, 1.807) is 0 Å². The molecular weight excluding hydrogens is 364 g/mol. The topological polar surface area (TPSA) is 64.3 Å². The number of carbonyl (C=O) groups is 1. The van der Waals surface area contributed by atoms with Crippen molar-refractivity contribution in [2.45, 2.75) is 18.6 Å². The van der Waals surface area contributed by atoms with Gasteiger partial charge in [0, 0.05) is 5.02 Å². The molecule has 0 spiro atoms. The van der Waals surface area contributed by atoms with Gasteiger partial charge in [-0.1, -0.05) is 11.6 Å². The maximum Gasteiger partial charge on any atom is 0.415 e. The number of benzene rings is 1. The maximum atomic E-state index is 12.7. The van der Waals surface area contributed by atoms with Gasteiger partial charge in [-0.2, -0.15) is 13.2 Å². The van der Waals surface area contributed by atoms with Crippen LogP contribution in [0, 0.1) is 0 Å². The average Bonchev–Trinajstić information content (AvgIpc) is 2.26. The summed E-state index contributed by atoms with van der Waals surface area (Å²) in [5.41, 5.74) is 1.98. The largest absolute Gasteiger partial charge is 0.493 e. The van der Waals surface area contributed by atoms with E-state index in [1.807, 2.05) is 0 Å². The van der Waals surface area contributed by atoms with Gasteiger partial charge >= 0.3 is 6.18 Å². The predicted octanol–water partition coefficient (Wildman–Crippen LogP) is 3.33. The molecule has 112 valence electrons. The number of amides is 1. The molecule has 1 atom stereocenters. The molecule has 0 bridgehead atoms. The number of ether oxygens (including phenoxy) is 1. The zero-order valence-electron chi connectivity index (χ0n) is 10.4. The van der Waals surface area contributed by atoms with Crippen molar-refractivity contribution in [3.63, 3.8) is 0 Å². The molecule has 0 radical (unpaired) electrons. The lowest BCUT2D eigenvalue weighted by Crippen LogP contribution is -2.59. The van der Waals surface area contributed by atoms with Crippen LogP contribution in [0.25, 0.3) is 0 Å². The van der Waals surface area contributed by atoms with Crippen molar-refractivity contribution in [1.29, 1.82) is 0 Å². The molecule has 1 amide bonds. The summed E-state index contributed by atoms with van der Waals surface area (Å²) in [4.78, 5) is 11.7. The predicted molar refractivity (Wildman–Crippen MR) is 73.0 cm³/mol. The summed E-state index contributed by atoms with van der Waals surface area (Å²) in [6, 6.07) is 2.73. The van der Waals surface area contributed by atoms with Crippen molar-refractivity contribution in [1.82, 2.24) is 0 Å². The first kappa shape index (κ1) is 17.1. The summed E-state index contributed by atoms with van der Waals surface area (Å²) in [6.45, 7) is 0.578. The highest BCUT2D eigenvalue weighted by molar-refractivity contribution is 9.10. The molecule has 0 saturated heterocycles. The van der Waals surface area contributed by atoms with Gasteiger partial charge in [0.05, 0.1) is 17.3 Å². The monoisotopic (exact) mass is 374 g/mol. The second-order valence-electron chi connectivity index (χ2n) is 4.12. The second kappa shape index (κ2) is 5.79. The van der Waals surface area contributed by atoms with E-state index < -0.39 is 17.6 Å². The SMILES string of the molecule is COc1c(Br)cc(Cl)cc1NC(=O)C(C)(N)C(F)(F)F. The first-order valence-electron chi connectivity index (χ1n) is 5.20. The number of nitrogens with one attached hydrogen (secondary N) is 1. The smallest absolute Gasteiger partial charge is 0.415 e. The third kappa shape index (κ3) is 3.36. The Kier molecular flexibility index (Phi) is 4.94. The van der Waals surface area contributed by atoms with Crippen molar-refractivity contribution in [2.75, 3.05) is 12.4 Å². The summed E-state index contributed by atoms with van der Waals surface area (Å²) < 4.78 is 43.4. The minimum absolute atomic E-state index is 0.0159. The Morgan fingerprint density at radius 2 is 2.00 bits per heavy atom. The van der Waals surface area contributed by atoms with Gasteiger partial charge in [0.25, 0.3) is 5.91 Å². The van der Waals surface area contributed by atoms with Crippen molar-refractivity contribution in [2.24, 2.45) is 5.73 Å². The number of alkyl halides is 3. The molecule has 0 saturated carbocycles. The Labute approximate surface area is 126 Å². The second-order valence-corrected chi connectivity index (χ2v) is 5.41. The van der Waals surface area contributed by atoms with E-state index in [9.17, 15) is 18.0 Å². The lowest BCUT2D eigenvalue weighted by molar-refractivity contribution is -0.184. The third-order valence-electron chi connectivity index (χ3n) is 2.52. The Morgan fingerprint density at radius 3 is 2.45 bits per heavy atom. The van der Waals surface area contributed by atoms with Crippen molar-refractivity contribution >= 4 is 39.1 Å². The first-order valence-corrected chi connectivity index (χ1v) is 6.38. The zero-order valence-corrected chi connectivity index (χ0v) is 12.8. The van der Waals surface area contributed by atoms with Crippen molar-refractivity contribution in [3.05, 3.63) is 21.6 Å². The molecule has 9 heteroatoms. The van der Waals surface area contributed by atoms with Crippen LogP contribution in [0.4, 0.5) is 18.9 Å². The average molecular weight is 376 g/mol. The van der Waals surface area contributed by atoms with Gasteiger partial charge in [-0.3, -0.25) is 4.79 Å². The number of nitrogens with two attached hydrogens (primary N) is 1. The van der Waals surface area contributed by atoms with Crippen LogP contribution in [0.1, 0.15) is 6.92 Å². The highest BCUT2D eigenvalue weighted by atomic mass is 79.9. The van der Waals surface area contributed by atoms with Crippen LogP contribution in [0.2, 0.25) is 5.02 Å². The highest BCUT2D eigenvalue weighted by Crippen LogP contribution is 2.37. The van der Waals surface area contributed by atoms with Crippen LogP contribution in [0.15, 0.2) is 16.6 Å². The lowest BCUT2D eigenvalue weighted by atomic mass is 10.0. The van der Waals surface area contributed by atoms with Crippen molar-refractivity contribution < 1.29 is 22.7 Å². The Hall–Kier alpha value is -0.990. The molecule has 0 aliphatic heterocycles. The maximum absolute atomic E-state index is 12.7. The molecule has 0 aliphatic rings. The summed E-state index contributed by atoms with van der Waals surface area (Å²) in [6.07, 6.45) is -4.89. The number of methoxy groups -OCH3 is 1. The number of hydrogen-bond donors (Lipinski definition) is 2.